The first-order valence-corrected chi connectivity index (χ1v) is 4.70. The maximum Gasteiger partial charge on any atom is 0.306 e. The highest BCUT2D eigenvalue weighted by molar-refractivity contribution is 7.80. The van der Waals surface area contributed by atoms with E-state index >= 15 is 0 Å². The number of thiol groups is 1. The summed E-state index contributed by atoms with van der Waals surface area (Å²) in [5, 5.41) is 0. The minimum atomic E-state index is -0.333. The highest BCUT2D eigenvalue weighted by Gasteiger charge is 1.97. The summed E-state index contributed by atoms with van der Waals surface area (Å²) in [5.41, 5.74) is 4.47. The van der Waals surface area contributed by atoms with E-state index in [0.29, 0.717) is 18.8 Å². The molecule has 0 saturated heterocycles. The van der Waals surface area contributed by atoms with Crippen LogP contribution in [-0.4, -0.2) is 24.2 Å². The van der Waals surface area contributed by atoms with E-state index in [0.717, 1.165) is 6.42 Å². The molecule has 0 aliphatic rings. The van der Waals surface area contributed by atoms with Gasteiger partial charge in [-0.25, -0.2) is 0 Å². The van der Waals surface area contributed by atoms with Gasteiger partial charge in [0.2, 0.25) is 5.91 Å². The number of nitrogens with two attached hydrogens (primary N) is 1. The van der Waals surface area contributed by atoms with Gasteiger partial charge in [-0.3, -0.25) is 9.59 Å². The molecule has 0 fully saturated rings. The van der Waals surface area contributed by atoms with Crippen molar-refractivity contribution in [3.05, 3.63) is 0 Å². The van der Waals surface area contributed by atoms with E-state index in [9.17, 15) is 9.59 Å². The van der Waals surface area contributed by atoms with Crippen LogP contribution >= 0.6 is 12.6 Å². The van der Waals surface area contributed by atoms with Gasteiger partial charge in [-0.1, -0.05) is 6.92 Å². The van der Waals surface area contributed by atoms with Gasteiger partial charge in [-0.05, 0) is 6.42 Å². The average molecular weight is 207 g/mol. The molecule has 5 heteroatoms. The van der Waals surface area contributed by atoms with Crippen LogP contribution < -0.4 is 5.73 Å². The Morgan fingerprint density at radius 2 is 1.92 bits per heavy atom. The van der Waals surface area contributed by atoms with Crippen LogP contribution in [0.4, 0.5) is 0 Å². The summed E-state index contributed by atoms with van der Waals surface area (Å²) in [4.78, 5) is 19.8. The summed E-state index contributed by atoms with van der Waals surface area (Å²) in [6, 6.07) is 0. The Hall–Kier alpha value is -0.710. The fourth-order valence-electron chi connectivity index (χ4n) is 0.379. The number of ether oxygens (including phenoxy) is 1. The largest absolute Gasteiger partial charge is 0.466 e. The zero-order valence-corrected chi connectivity index (χ0v) is 8.97. The maximum absolute atomic E-state index is 10.5. The second-order valence-electron chi connectivity index (χ2n) is 2.30. The molecular formula is C8H17NO3S. The Kier molecular flexibility index (Phi) is 12.8. The molecule has 0 aliphatic heterocycles. The van der Waals surface area contributed by atoms with E-state index in [1.807, 2.05) is 6.92 Å². The highest BCUT2D eigenvalue weighted by Crippen LogP contribution is 1.89. The average Bonchev–Trinajstić information content (AvgIpc) is 2.00. The molecule has 4 nitrogen and oxygen atoms in total. The Morgan fingerprint density at radius 3 is 2.23 bits per heavy atom. The van der Waals surface area contributed by atoms with Crippen molar-refractivity contribution in [3.63, 3.8) is 0 Å². The number of esters is 1. The summed E-state index contributed by atoms with van der Waals surface area (Å²) in [5.74, 6) is 0.0922. The summed E-state index contributed by atoms with van der Waals surface area (Å²) in [6.45, 7) is 3.81. The van der Waals surface area contributed by atoms with Crippen molar-refractivity contribution in [2.45, 2.75) is 26.7 Å². The van der Waals surface area contributed by atoms with Gasteiger partial charge in [0.15, 0.2) is 0 Å². The van der Waals surface area contributed by atoms with E-state index < -0.39 is 0 Å². The molecule has 0 bridgehead atoms. The molecule has 0 aromatic rings. The molecular weight excluding hydrogens is 190 g/mol. The fourth-order valence-corrected chi connectivity index (χ4v) is 0.562. The van der Waals surface area contributed by atoms with E-state index in [2.05, 4.69) is 18.4 Å². The van der Waals surface area contributed by atoms with Crippen LogP contribution in [0.25, 0.3) is 0 Å². The summed E-state index contributed by atoms with van der Waals surface area (Å²) >= 11 is 3.88. The Labute approximate surface area is 84.2 Å². The standard InChI is InChI=1S/C6H12O2S.C2H5NO/c1-2-4-8-6(7)3-5-9;1-2(3)4/h9H,2-5H2,1H3;1H3,(H2,3,4). The summed E-state index contributed by atoms with van der Waals surface area (Å²) in [7, 11) is 0. The Bertz CT molecular complexity index is 146. The van der Waals surface area contributed by atoms with Gasteiger partial charge in [0.25, 0.3) is 0 Å². The molecule has 0 aliphatic carbocycles. The molecule has 0 aromatic carbocycles. The molecule has 1 amide bonds. The molecule has 0 unspecified atom stereocenters. The van der Waals surface area contributed by atoms with Crippen molar-refractivity contribution >= 4 is 24.5 Å². The lowest BCUT2D eigenvalue weighted by Crippen LogP contribution is -2.05. The lowest BCUT2D eigenvalue weighted by atomic mass is 10.5. The smallest absolute Gasteiger partial charge is 0.306 e. The predicted octanol–water partition coefficient (Wildman–Crippen LogP) is 0.751. The first kappa shape index (κ1) is 14.8. The maximum atomic E-state index is 10.5. The van der Waals surface area contributed by atoms with Crippen LogP contribution in [0.5, 0.6) is 0 Å². The van der Waals surface area contributed by atoms with Crippen LogP contribution in [0.3, 0.4) is 0 Å². The van der Waals surface area contributed by atoms with Crippen LogP contribution in [-0.2, 0) is 14.3 Å². The lowest BCUT2D eigenvalue weighted by molar-refractivity contribution is -0.143. The third kappa shape index (κ3) is 24.6. The zero-order chi connectivity index (χ0) is 10.7. The van der Waals surface area contributed by atoms with Crippen molar-refractivity contribution in [1.29, 1.82) is 0 Å². The van der Waals surface area contributed by atoms with Crippen molar-refractivity contribution < 1.29 is 14.3 Å². The first-order valence-electron chi connectivity index (χ1n) is 4.07. The number of hydrogen-bond acceptors (Lipinski definition) is 4. The number of primary amides is 1. The normalized spacial score (nSPS) is 8.23. The molecule has 0 atom stereocenters. The third-order valence-corrected chi connectivity index (χ3v) is 1.01. The number of rotatable bonds is 4. The molecule has 2 N–H and O–H groups in total. The second-order valence-corrected chi connectivity index (χ2v) is 2.75. The second kappa shape index (κ2) is 11.3. The third-order valence-electron chi connectivity index (χ3n) is 0.783. The quantitative estimate of drug-likeness (QED) is 0.528. The predicted molar refractivity (Wildman–Crippen MR) is 54.6 cm³/mol. The van der Waals surface area contributed by atoms with Gasteiger partial charge < -0.3 is 10.5 Å². The molecule has 0 aromatic heterocycles. The van der Waals surface area contributed by atoms with Gasteiger partial charge in [0.05, 0.1) is 13.0 Å². The van der Waals surface area contributed by atoms with Gasteiger partial charge >= 0.3 is 5.97 Å². The van der Waals surface area contributed by atoms with Crippen LogP contribution in [0.15, 0.2) is 0 Å². The van der Waals surface area contributed by atoms with Crippen molar-refractivity contribution in [3.8, 4) is 0 Å². The Morgan fingerprint density at radius 1 is 1.46 bits per heavy atom. The van der Waals surface area contributed by atoms with Crippen LogP contribution in [0.1, 0.15) is 26.7 Å². The fraction of sp³-hybridized carbons (Fsp3) is 0.750. The summed E-state index contributed by atoms with van der Waals surface area (Å²) < 4.78 is 4.74. The van der Waals surface area contributed by atoms with Crippen molar-refractivity contribution in [2.24, 2.45) is 5.73 Å². The molecule has 0 heterocycles. The number of carbonyl (C=O) groups excluding carboxylic acids is 2. The minimum absolute atomic E-state index is 0.146. The van der Waals surface area contributed by atoms with Gasteiger partial charge in [0, 0.05) is 12.7 Å². The minimum Gasteiger partial charge on any atom is -0.466 e. The van der Waals surface area contributed by atoms with E-state index in [-0.39, 0.29) is 11.9 Å². The SMILES string of the molecule is CC(N)=O.CCCOC(=O)CCS. The number of amides is 1. The van der Waals surface area contributed by atoms with Gasteiger partial charge in [0.1, 0.15) is 0 Å². The summed E-state index contributed by atoms with van der Waals surface area (Å²) in [6.07, 6.45) is 1.31. The van der Waals surface area contributed by atoms with Crippen molar-refractivity contribution in [2.75, 3.05) is 12.4 Å². The molecule has 0 saturated carbocycles. The van der Waals surface area contributed by atoms with Gasteiger partial charge in [-0.2, -0.15) is 12.6 Å². The lowest BCUT2D eigenvalue weighted by Gasteiger charge is -1.98. The number of hydrogen-bond donors (Lipinski definition) is 2. The van der Waals surface area contributed by atoms with Gasteiger partial charge in [-0.15, -0.1) is 0 Å². The number of carbonyl (C=O) groups is 2. The molecule has 0 rings (SSSR count). The molecule has 13 heavy (non-hydrogen) atoms. The topological polar surface area (TPSA) is 69.4 Å². The highest BCUT2D eigenvalue weighted by atomic mass is 32.1. The van der Waals surface area contributed by atoms with E-state index in [1.165, 1.54) is 6.92 Å². The van der Waals surface area contributed by atoms with E-state index in [4.69, 9.17) is 4.74 Å². The first-order chi connectivity index (χ1) is 6.04. The van der Waals surface area contributed by atoms with E-state index in [1.54, 1.807) is 0 Å². The molecule has 0 spiro atoms. The molecule has 78 valence electrons. The molecule has 0 radical (unpaired) electrons. The van der Waals surface area contributed by atoms with Crippen LogP contribution in [0.2, 0.25) is 0 Å². The zero-order valence-electron chi connectivity index (χ0n) is 8.08. The Balaban J connectivity index is 0. The van der Waals surface area contributed by atoms with Crippen LogP contribution in [0, 0.1) is 0 Å². The van der Waals surface area contributed by atoms with Crippen molar-refractivity contribution in [1.82, 2.24) is 0 Å². The monoisotopic (exact) mass is 207 g/mol.